The third-order valence-electron chi connectivity index (χ3n) is 19.5. The monoisotopic (exact) mass is 1460 g/mol. The highest BCUT2D eigenvalue weighted by Crippen LogP contribution is 2.29. The summed E-state index contributed by atoms with van der Waals surface area (Å²) in [5.74, 6) is 10.4. The number of hydrogen-bond acceptors (Lipinski definition) is 12. The van der Waals surface area contributed by atoms with Crippen LogP contribution in [0.4, 0.5) is 0 Å². The summed E-state index contributed by atoms with van der Waals surface area (Å²) in [7, 11) is 0. The van der Waals surface area contributed by atoms with E-state index in [0.717, 1.165) is 121 Å². The van der Waals surface area contributed by atoms with E-state index in [1.165, 1.54) is 138 Å². The van der Waals surface area contributed by atoms with Crippen molar-refractivity contribution in [2.75, 3.05) is 39.6 Å². The Labute approximate surface area is 648 Å². The summed E-state index contributed by atoms with van der Waals surface area (Å²) >= 11 is 0. The molecular formula is C93H162N6O6. The van der Waals surface area contributed by atoms with E-state index < -0.39 is 0 Å². The van der Waals surface area contributed by atoms with Crippen LogP contribution in [0.15, 0.2) is 109 Å². The van der Waals surface area contributed by atoms with Gasteiger partial charge in [0.05, 0.1) is 38.6 Å². The molecule has 6 atom stereocenters. The zero-order valence-corrected chi connectivity index (χ0v) is 71.4. The van der Waals surface area contributed by atoms with Crippen LogP contribution in [-0.4, -0.2) is 94.3 Å². The van der Waals surface area contributed by atoms with Gasteiger partial charge in [-0.25, -0.2) is 19.9 Å². The molecule has 8 heterocycles. The summed E-state index contributed by atoms with van der Waals surface area (Å²) in [6.07, 6.45) is 41.9. The molecule has 0 radical (unpaired) electrons. The molecule has 4 aliphatic carbocycles. The fourth-order valence-corrected chi connectivity index (χ4v) is 11.1. The summed E-state index contributed by atoms with van der Waals surface area (Å²) in [6.45, 7) is 60.7. The van der Waals surface area contributed by atoms with Crippen molar-refractivity contribution >= 4 is 0 Å². The van der Waals surface area contributed by atoms with Crippen LogP contribution in [0.2, 0.25) is 0 Å². The van der Waals surface area contributed by atoms with Crippen LogP contribution in [0.1, 0.15) is 292 Å². The lowest BCUT2D eigenvalue weighted by Crippen LogP contribution is -2.27. The highest BCUT2D eigenvalue weighted by Gasteiger charge is 2.18. The first-order valence-corrected chi connectivity index (χ1v) is 40.6. The van der Waals surface area contributed by atoms with Crippen LogP contribution in [0.3, 0.4) is 0 Å². The van der Waals surface area contributed by atoms with Crippen LogP contribution in [0.25, 0.3) is 0 Å². The minimum atomic E-state index is 0. The van der Waals surface area contributed by atoms with Crippen molar-refractivity contribution in [2.24, 2.45) is 59.2 Å². The van der Waals surface area contributed by atoms with E-state index in [-0.39, 0.29) is 21.4 Å². The lowest BCUT2D eigenvalue weighted by Gasteiger charge is -2.24. The van der Waals surface area contributed by atoms with Gasteiger partial charge in [0.25, 0.3) is 0 Å². The second-order valence-corrected chi connectivity index (χ2v) is 32.6. The summed E-state index contributed by atoms with van der Waals surface area (Å²) in [4.78, 5) is 24.0. The van der Waals surface area contributed by atoms with E-state index >= 15 is 0 Å². The van der Waals surface area contributed by atoms with Gasteiger partial charge in [0.2, 0.25) is 0 Å². The number of hydrogen-bond donors (Lipinski definition) is 0. The van der Waals surface area contributed by atoms with Crippen LogP contribution >= 0.6 is 0 Å². The predicted octanol–water partition coefficient (Wildman–Crippen LogP) is 25.6. The minimum absolute atomic E-state index is 0. The molecule has 8 aliphatic rings. The molecule has 5 aromatic rings. The summed E-state index contributed by atoms with van der Waals surface area (Å²) in [6, 6.07) is 16.6. The van der Waals surface area contributed by atoms with Crippen molar-refractivity contribution in [3.63, 3.8) is 0 Å². The molecule has 0 spiro atoms. The summed E-state index contributed by atoms with van der Waals surface area (Å²) in [5.41, 5.74) is 12.6. The molecule has 0 amide bonds. The van der Waals surface area contributed by atoms with Crippen LogP contribution in [0, 0.1) is 128 Å². The Kier molecular flexibility index (Phi) is 57.8. The van der Waals surface area contributed by atoms with Crippen LogP contribution in [-0.2, 0) is 28.4 Å². The number of rotatable bonds is 0. The molecule has 6 unspecified atom stereocenters. The van der Waals surface area contributed by atoms with E-state index in [1.807, 2.05) is 119 Å². The maximum Gasteiger partial charge on any atom is 0.154 e. The minimum Gasteiger partial charge on any atom is -0.378 e. The average molecular weight is 1460 g/mol. The van der Waals surface area contributed by atoms with Gasteiger partial charge in [0, 0.05) is 75.0 Å². The maximum atomic E-state index is 5.39. The molecule has 0 bridgehead atoms. The first-order valence-electron chi connectivity index (χ1n) is 40.6. The van der Waals surface area contributed by atoms with Crippen molar-refractivity contribution in [1.29, 1.82) is 0 Å². The Bertz CT molecular complexity index is 2250. The van der Waals surface area contributed by atoms with Gasteiger partial charge in [0.15, 0.2) is 12.6 Å². The van der Waals surface area contributed by atoms with Crippen LogP contribution in [0.5, 0.6) is 0 Å². The van der Waals surface area contributed by atoms with Gasteiger partial charge < -0.3 is 28.4 Å². The second-order valence-electron chi connectivity index (χ2n) is 32.6. The SMILES string of the molecule is C.CC1=CCC(C)CC1.CC1=CCC(C)CC1.CC1CCC(C)CC1.CC1CCC(C)CC1.CC1CCC(C)OC1.CC1CCC(C)OC1.CC1COC(C)OC1.CC1COC(C)OC1.Cc1ccc(C)cc1.Cc1ccc(C)nc1.Cc1ccc(C)nc1.Cc1cnc(C)nc1.Cc1cnc(C)nc1.[HH]. The molecule has 4 aliphatic heterocycles. The molecule has 600 valence electrons. The first kappa shape index (κ1) is 99.9. The Hall–Kier alpha value is -5.08. The molecule has 6 fully saturated rings. The van der Waals surface area contributed by atoms with Crippen molar-refractivity contribution in [2.45, 2.75) is 328 Å². The van der Waals surface area contributed by atoms with Gasteiger partial charge in [-0.15, -0.1) is 0 Å². The van der Waals surface area contributed by atoms with Crippen molar-refractivity contribution < 1.29 is 29.8 Å². The molecule has 0 N–H and O–H groups in total. The van der Waals surface area contributed by atoms with E-state index in [1.54, 1.807) is 11.1 Å². The standard InChI is InChI=1S/2C8H16.2C8H14.C8H10.2C7H9N.2C7H14O.2C6H8N2.2C6H12O2.CH4.H2/c5*1-7-3-5-8(2)6-4-7;4*1-6-3-4-7(2)8-5-6;4*1-5-3-7-6(2)8-4-5;;/h2*7-8H,3-6H2,1-2H3;2*3,8H,4-6H2,1-2H3;3-6H,1-2H3;2*3-5H,1-2H3;2*6-7H,3-5H2,1-2H3;2*3-4H,1-2H3;2*5-6H,3-4H2,1-2H3;1H4;1H. The molecule has 12 nitrogen and oxygen atoms in total. The molecular weight excluding hydrogens is 1300 g/mol. The first-order chi connectivity index (χ1) is 49.2. The van der Waals surface area contributed by atoms with Gasteiger partial charge in [-0.3, -0.25) is 9.97 Å². The van der Waals surface area contributed by atoms with E-state index in [0.29, 0.717) is 24.0 Å². The highest BCUT2D eigenvalue weighted by molar-refractivity contribution is 5.19. The normalized spacial score (nSPS) is 26.2. The summed E-state index contributed by atoms with van der Waals surface area (Å²) < 4.78 is 31.5. The number of benzene rings is 1. The second kappa shape index (κ2) is 60.8. The number of aromatic nitrogens is 6. The fraction of sp³-hybridized carbons (Fsp3) is 0.699. The lowest BCUT2D eigenvalue weighted by molar-refractivity contribution is -0.187. The van der Waals surface area contributed by atoms with Gasteiger partial charge in [-0.05, 0) is 257 Å². The number of allylic oxidation sites excluding steroid dienone is 4. The molecule has 1 aromatic carbocycles. The quantitative estimate of drug-likeness (QED) is 0.137. The van der Waals surface area contributed by atoms with Gasteiger partial charge in [-0.2, -0.15) is 0 Å². The molecule has 105 heavy (non-hydrogen) atoms. The predicted molar refractivity (Wildman–Crippen MR) is 451 cm³/mol. The third-order valence-corrected chi connectivity index (χ3v) is 19.5. The van der Waals surface area contributed by atoms with E-state index in [4.69, 9.17) is 28.4 Å². The van der Waals surface area contributed by atoms with Crippen molar-refractivity contribution in [1.82, 2.24) is 29.9 Å². The van der Waals surface area contributed by atoms with Crippen LogP contribution < -0.4 is 0 Å². The smallest absolute Gasteiger partial charge is 0.154 e. The number of nitrogens with zero attached hydrogens (tertiary/aromatic N) is 6. The molecule has 12 heteroatoms. The van der Waals surface area contributed by atoms with Gasteiger partial charge >= 0.3 is 0 Å². The van der Waals surface area contributed by atoms with Crippen molar-refractivity contribution in [3.05, 3.63) is 165 Å². The molecule has 4 saturated heterocycles. The maximum absolute atomic E-state index is 5.39. The summed E-state index contributed by atoms with van der Waals surface area (Å²) in [5, 5.41) is 0. The Morgan fingerprint density at radius 2 is 0.505 bits per heavy atom. The zero-order chi connectivity index (χ0) is 77.8. The molecule has 4 aromatic heterocycles. The third kappa shape index (κ3) is 59.5. The fourth-order valence-electron chi connectivity index (χ4n) is 11.1. The largest absolute Gasteiger partial charge is 0.378 e. The van der Waals surface area contributed by atoms with Crippen molar-refractivity contribution in [3.8, 4) is 0 Å². The average Bonchev–Trinajstić information content (AvgIpc) is 2.99. The Morgan fingerprint density at radius 1 is 0.257 bits per heavy atom. The van der Waals surface area contributed by atoms with Gasteiger partial charge in [0.1, 0.15) is 11.6 Å². The van der Waals surface area contributed by atoms with E-state index in [2.05, 4.69) is 189 Å². The topological polar surface area (TPSA) is 133 Å². The Morgan fingerprint density at radius 3 is 0.686 bits per heavy atom. The zero-order valence-electron chi connectivity index (χ0n) is 71.4. The highest BCUT2D eigenvalue weighted by atomic mass is 16.7. The number of aryl methyl sites for hydroxylation is 10. The number of ether oxygens (including phenoxy) is 6. The molecule has 2 saturated carbocycles. The molecule has 13 rings (SSSR count). The Balaban J connectivity index is 0. The number of pyridine rings is 2. The van der Waals surface area contributed by atoms with E-state index in [9.17, 15) is 0 Å². The lowest BCUT2D eigenvalue weighted by atomic mass is 9.84. The van der Waals surface area contributed by atoms with Gasteiger partial charge in [-0.1, -0.05) is 199 Å².